The van der Waals surface area contributed by atoms with Crippen molar-refractivity contribution in [2.45, 2.75) is 70.8 Å². The van der Waals surface area contributed by atoms with Crippen molar-refractivity contribution >= 4 is 16.0 Å². The minimum Gasteiger partial charge on any atom is -0.748 e. The van der Waals surface area contributed by atoms with Crippen LogP contribution in [-0.4, -0.2) is 74.1 Å². The first kappa shape index (κ1) is 25.3. The van der Waals surface area contributed by atoms with E-state index in [9.17, 15) is 22.9 Å². The molecule has 1 amide bonds. The summed E-state index contributed by atoms with van der Waals surface area (Å²) in [5.41, 5.74) is 0. The van der Waals surface area contributed by atoms with Gasteiger partial charge in [-0.1, -0.05) is 45.4 Å². The predicted molar refractivity (Wildman–Crippen MR) is 103 cm³/mol. The Hall–Kier alpha value is -0.700. The molecule has 0 aliphatic heterocycles. The highest BCUT2D eigenvalue weighted by Crippen LogP contribution is 2.08. The molecule has 0 saturated heterocycles. The fraction of sp³-hybridized carbons (Fsp3) is 0.944. The van der Waals surface area contributed by atoms with Gasteiger partial charge in [0.15, 0.2) is 0 Å². The van der Waals surface area contributed by atoms with Gasteiger partial charge in [0, 0.05) is 19.4 Å². The maximum atomic E-state index is 11.8. The lowest BCUT2D eigenvalue weighted by atomic mass is 10.1. The van der Waals surface area contributed by atoms with Gasteiger partial charge in [-0.15, -0.1) is 0 Å². The highest BCUT2D eigenvalue weighted by Gasteiger charge is 2.21. The number of unbranched alkanes of at least 4 members (excludes halogenated alkanes) is 6. The molecule has 0 aliphatic rings. The largest absolute Gasteiger partial charge is 0.748 e. The topological polar surface area (TPSA) is 107 Å². The highest BCUT2D eigenvalue weighted by atomic mass is 32.2. The van der Waals surface area contributed by atoms with E-state index in [0.717, 1.165) is 19.3 Å². The van der Waals surface area contributed by atoms with Gasteiger partial charge in [-0.05, 0) is 6.42 Å². The maximum Gasteiger partial charge on any atom is 0.219 e. The van der Waals surface area contributed by atoms with Crippen LogP contribution in [0.4, 0.5) is 0 Å². The van der Waals surface area contributed by atoms with Crippen molar-refractivity contribution in [3.8, 4) is 0 Å². The fourth-order valence-corrected chi connectivity index (χ4v) is 3.59. The van der Waals surface area contributed by atoms with Crippen LogP contribution >= 0.6 is 0 Å². The molecule has 0 radical (unpaired) electrons. The minimum absolute atomic E-state index is 0.0707. The van der Waals surface area contributed by atoms with Gasteiger partial charge in [0.2, 0.25) is 5.91 Å². The predicted octanol–water partition coefficient (Wildman–Crippen LogP) is 1.62. The van der Waals surface area contributed by atoms with Crippen molar-refractivity contribution < 1.29 is 27.4 Å². The molecule has 0 bridgehead atoms. The molecule has 7 nitrogen and oxygen atoms in total. The van der Waals surface area contributed by atoms with E-state index in [1.807, 2.05) is 14.1 Å². The van der Waals surface area contributed by atoms with Crippen molar-refractivity contribution in [3.05, 3.63) is 0 Å². The zero-order chi connectivity index (χ0) is 20.1. The number of hydrogen-bond acceptors (Lipinski definition) is 5. The molecule has 0 aromatic rings. The molecule has 1 atom stereocenters. The SMILES string of the molecule is CCCCCCCCCC(=O)NCCC[N+](C)(C)CC(O)CS(=O)(=O)[O-]. The van der Waals surface area contributed by atoms with Crippen LogP contribution in [0.2, 0.25) is 0 Å². The van der Waals surface area contributed by atoms with Crippen molar-refractivity contribution in [1.29, 1.82) is 0 Å². The van der Waals surface area contributed by atoms with Crippen molar-refractivity contribution in [3.63, 3.8) is 0 Å². The van der Waals surface area contributed by atoms with Gasteiger partial charge in [-0.3, -0.25) is 4.79 Å². The molecule has 0 heterocycles. The van der Waals surface area contributed by atoms with Crippen molar-refractivity contribution in [2.75, 3.05) is 39.5 Å². The third-order valence-corrected chi connectivity index (χ3v) is 5.16. The van der Waals surface area contributed by atoms with Gasteiger partial charge < -0.3 is 19.5 Å². The average Bonchev–Trinajstić information content (AvgIpc) is 2.48. The van der Waals surface area contributed by atoms with Crippen LogP contribution in [0.15, 0.2) is 0 Å². The van der Waals surface area contributed by atoms with Gasteiger partial charge in [-0.25, -0.2) is 8.42 Å². The lowest BCUT2D eigenvalue weighted by molar-refractivity contribution is -0.893. The Morgan fingerprint density at radius 2 is 1.65 bits per heavy atom. The van der Waals surface area contributed by atoms with Crippen LogP contribution in [0, 0.1) is 0 Å². The monoisotopic (exact) mass is 394 g/mol. The fourth-order valence-electron chi connectivity index (χ4n) is 3.02. The van der Waals surface area contributed by atoms with E-state index in [2.05, 4.69) is 12.2 Å². The minimum atomic E-state index is -4.42. The Balaban J connectivity index is 3.74. The van der Waals surface area contributed by atoms with Gasteiger partial charge in [0.05, 0.1) is 36.5 Å². The van der Waals surface area contributed by atoms with Gasteiger partial charge in [0.1, 0.15) is 12.6 Å². The van der Waals surface area contributed by atoms with Crippen LogP contribution in [0.3, 0.4) is 0 Å². The van der Waals surface area contributed by atoms with E-state index < -0.39 is 22.0 Å². The number of nitrogens with zero attached hydrogens (tertiary/aromatic N) is 1. The molecular formula is C18H38N2O5S. The van der Waals surface area contributed by atoms with E-state index in [-0.39, 0.29) is 12.5 Å². The van der Waals surface area contributed by atoms with Crippen LogP contribution < -0.4 is 5.32 Å². The number of likely N-dealkylation sites (N-methyl/N-ethyl adjacent to an activating group) is 1. The Kier molecular flexibility index (Phi) is 13.1. The van der Waals surface area contributed by atoms with Crippen LogP contribution in [0.25, 0.3) is 0 Å². The Morgan fingerprint density at radius 1 is 1.08 bits per heavy atom. The summed E-state index contributed by atoms with van der Waals surface area (Å²) in [7, 11) is -0.693. The summed E-state index contributed by atoms with van der Waals surface area (Å²) in [5.74, 6) is -0.689. The first-order valence-corrected chi connectivity index (χ1v) is 11.3. The Morgan fingerprint density at radius 3 is 2.23 bits per heavy atom. The standard InChI is InChI=1S/C18H38N2O5S/c1-4-5-6-7-8-9-10-12-18(22)19-13-11-14-20(2,3)15-17(21)16-26(23,24)25/h17,21H,4-16H2,1-3H3,(H-,19,22,23,24,25). The molecule has 0 spiro atoms. The summed E-state index contributed by atoms with van der Waals surface area (Å²) < 4.78 is 32.4. The number of aliphatic hydroxyl groups is 1. The molecule has 0 rings (SSSR count). The van der Waals surface area contributed by atoms with Crippen LogP contribution in [0.5, 0.6) is 0 Å². The lowest BCUT2D eigenvalue weighted by Crippen LogP contribution is -2.48. The van der Waals surface area contributed by atoms with Gasteiger partial charge in [-0.2, -0.15) is 0 Å². The van der Waals surface area contributed by atoms with Gasteiger partial charge in [0.25, 0.3) is 0 Å². The molecule has 2 N–H and O–H groups in total. The molecule has 156 valence electrons. The number of carbonyl (C=O) groups is 1. The summed E-state index contributed by atoms with van der Waals surface area (Å²) in [5, 5.41) is 12.6. The third kappa shape index (κ3) is 16.8. The maximum absolute atomic E-state index is 11.8. The van der Waals surface area contributed by atoms with E-state index in [1.54, 1.807) is 0 Å². The quantitative estimate of drug-likeness (QED) is 0.235. The van der Waals surface area contributed by atoms with E-state index in [0.29, 0.717) is 24.0 Å². The number of hydrogen-bond donors (Lipinski definition) is 2. The number of carbonyl (C=O) groups excluding carboxylic acids is 1. The first-order chi connectivity index (χ1) is 12.1. The molecule has 1 unspecified atom stereocenters. The second kappa shape index (κ2) is 13.5. The molecular weight excluding hydrogens is 356 g/mol. The number of aliphatic hydroxyl groups excluding tert-OH is 1. The molecule has 0 fully saturated rings. The van der Waals surface area contributed by atoms with E-state index >= 15 is 0 Å². The summed E-state index contributed by atoms with van der Waals surface area (Å²) >= 11 is 0. The summed E-state index contributed by atoms with van der Waals surface area (Å²) in [4.78, 5) is 11.8. The average molecular weight is 395 g/mol. The normalized spacial score (nSPS) is 13.6. The molecule has 0 aromatic heterocycles. The zero-order valence-electron chi connectivity index (χ0n) is 16.7. The molecule has 0 aliphatic carbocycles. The van der Waals surface area contributed by atoms with Gasteiger partial charge >= 0.3 is 0 Å². The zero-order valence-corrected chi connectivity index (χ0v) is 17.5. The highest BCUT2D eigenvalue weighted by molar-refractivity contribution is 7.85. The number of nitrogens with one attached hydrogen (secondary N) is 1. The van der Waals surface area contributed by atoms with Crippen molar-refractivity contribution in [1.82, 2.24) is 5.32 Å². The molecule has 26 heavy (non-hydrogen) atoms. The van der Waals surface area contributed by atoms with E-state index in [4.69, 9.17) is 0 Å². The molecule has 8 heteroatoms. The molecule has 0 saturated carbocycles. The summed E-state index contributed by atoms with van der Waals surface area (Å²) in [6.07, 6.45) is 8.41. The Bertz CT molecular complexity index is 480. The summed E-state index contributed by atoms with van der Waals surface area (Å²) in [6, 6.07) is 0. The Labute approximate surface area is 159 Å². The second-order valence-corrected chi connectivity index (χ2v) is 9.24. The second-order valence-electron chi connectivity index (χ2n) is 7.79. The van der Waals surface area contributed by atoms with E-state index in [1.165, 1.54) is 32.1 Å². The smallest absolute Gasteiger partial charge is 0.219 e. The number of quaternary nitrogens is 1. The number of rotatable bonds is 16. The van der Waals surface area contributed by atoms with Crippen LogP contribution in [0.1, 0.15) is 64.7 Å². The first-order valence-electron chi connectivity index (χ1n) is 9.76. The molecule has 0 aromatic carbocycles. The van der Waals surface area contributed by atoms with Crippen molar-refractivity contribution in [2.24, 2.45) is 0 Å². The summed E-state index contributed by atoms with van der Waals surface area (Å²) in [6.45, 7) is 3.62. The number of amides is 1. The lowest BCUT2D eigenvalue weighted by Gasteiger charge is -2.32. The van der Waals surface area contributed by atoms with Crippen LogP contribution in [-0.2, 0) is 14.9 Å². The third-order valence-electron chi connectivity index (χ3n) is 4.37.